The number of rotatable bonds is 3. The Bertz CT molecular complexity index is 380. The molecule has 1 saturated heterocycles. The normalized spacial score (nSPS) is 17.9. The molecule has 0 amide bonds. The molecule has 0 aliphatic carbocycles. The van der Waals surface area contributed by atoms with Crippen LogP contribution in [0.1, 0.15) is 30.9 Å². The molecule has 2 heteroatoms. The molecule has 1 aromatic rings. The summed E-state index contributed by atoms with van der Waals surface area (Å²) in [4.78, 5) is 2.55. The zero-order valence-electron chi connectivity index (χ0n) is 10.5. The molecule has 0 unspecified atom stereocenters. The third kappa shape index (κ3) is 3.57. The van der Waals surface area contributed by atoms with E-state index in [9.17, 15) is 0 Å². The number of hydrogen-bond donors (Lipinski definition) is 0. The van der Waals surface area contributed by atoms with Crippen LogP contribution in [0.15, 0.2) is 24.3 Å². The molecule has 1 aromatic carbocycles. The molecule has 1 heterocycles. The molecule has 0 spiro atoms. The van der Waals surface area contributed by atoms with E-state index in [0.29, 0.717) is 0 Å². The van der Waals surface area contributed by atoms with Gasteiger partial charge in [-0.25, -0.2) is 0 Å². The summed E-state index contributed by atoms with van der Waals surface area (Å²) in [5, 5.41) is 8.73. The Morgan fingerprint density at radius 1 is 1.24 bits per heavy atom. The van der Waals surface area contributed by atoms with Gasteiger partial charge in [0.15, 0.2) is 0 Å². The van der Waals surface area contributed by atoms with Gasteiger partial charge in [-0.15, -0.1) is 0 Å². The van der Waals surface area contributed by atoms with Crippen molar-refractivity contribution in [3.05, 3.63) is 35.4 Å². The van der Waals surface area contributed by atoms with Crippen molar-refractivity contribution in [1.82, 2.24) is 4.90 Å². The predicted octanol–water partition coefficient (Wildman–Crippen LogP) is 2.83. The van der Waals surface area contributed by atoms with Crippen LogP contribution in [-0.2, 0) is 6.42 Å². The molecule has 1 aliphatic rings. The van der Waals surface area contributed by atoms with E-state index < -0.39 is 0 Å². The lowest BCUT2D eigenvalue weighted by atomic mass is 9.99. The van der Waals surface area contributed by atoms with Crippen molar-refractivity contribution in [2.24, 2.45) is 5.92 Å². The van der Waals surface area contributed by atoms with Crippen molar-refractivity contribution < 1.29 is 0 Å². The Morgan fingerprint density at radius 2 is 1.88 bits per heavy atom. The van der Waals surface area contributed by atoms with Gasteiger partial charge in [0.1, 0.15) is 0 Å². The fraction of sp³-hybridized carbons (Fsp3) is 0.533. The van der Waals surface area contributed by atoms with Crippen LogP contribution in [0, 0.1) is 17.2 Å². The summed E-state index contributed by atoms with van der Waals surface area (Å²) in [5.41, 5.74) is 2.09. The van der Waals surface area contributed by atoms with Crippen LogP contribution in [0.2, 0.25) is 0 Å². The van der Waals surface area contributed by atoms with E-state index in [1.807, 2.05) is 12.1 Å². The largest absolute Gasteiger partial charge is 0.303 e. The van der Waals surface area contributed by atoms with Gasteiger partial charge in [0.05, 0.1) is 11.6 Å². The minimum atomic E-state index is 0.751. The molecule has 0 radical (unpaired) electrons. The van der Waals surface area contributed by atoms with Gasteiger partial charge in [-0.1, -0.05) is 19.1 Å². The standard InChI is InChI=1S/C15H20N2/c1-13-6-9-17(10-7-13)11-8-14-2-4-15(12-16)5-3-14/h2-5,13H,6-11H2,1H3. The van der Waals surface area contributed by atoms with Gasteiger partial charge in [0.25, 0.3) is 0 Å². The second kappa shape index (κ2) is 5.84. The van der Waals surface area contributed by atoms with E-state index in [2.05, 4.69) is 30.0 Å². The third-order valence-corrected chi connectivity index (χ3v) is 3.68. The monoisotopic (exact) mass is 228 g/mol. The van der Waals surface area contributed by atoms with Crippen LogP contribution in [0.4, 0.5) is 0 Å². The van der Waals surface area contributed by atoms with Crippen molar-refractivity contribution >= 4 is 0 Å². The van der Waals surface area contributed by atoms with Gasteiger partial charge in [-0.2, -0.15) is 5.26 Å². The quantitative estimate of drug-likeness (QED) is 0.795. The van der Waals surface area contributed by atoms with Crippen LogP contribution in [0.3, 0.4) is 0 Å². The molecule has 2 nitrogen and oxygen atoms in total. The molecule has 0 saturated carbocycles. The van der Waals surface area contributed by atoms with Gasteiger partial charge in [0, 0.05) is 6.54 Å². The molecule has 17 heavy (non-hydrogen) atoms. The molecule has 2 rings (SSSR count). The summed E-state index contributed by atoms with van der Waals surface area (Å²) in [6.45, 7) is 5.99. The zero-order valence-corrected chi connectivity index (χ0v) is 10.5. The molecule has 0 bridgehead atoms. The fourth-order valence-corrected chi connectivity index (χ4v) is 2.32. The van der Waals surface area contributed by atoms with Crippen LogP contribution in [0.5, 0.6) is 0 Å². The highest BCUT2D eigenvalue weighted by molar-refractivity contribution is 5.31. The first-order valence-electron chi connectivity index (χ1n) is 6.49. The maximum atomic E-state index is 8.73. The number of benzene rings is 1. The maximum Gasteiger partial charge on any atom is 0.0991 e. The Kier molecular flexibility index (Phi) is 4.17. The lowest BCUT2D eigenvalue weighted by molar-refractivity contribution is 0.194. The fourth-order valence-electron chi connectivity index (χ4n) is 2.32. The predicted molar refractivity (Wildman–Crippen MR) is 69.7 cm³/mol. The van der Waals surface area contributed by atoms with Crippen molar-refractivity contribution in [2.45, 2.75) is 26.2 Å². The minimum absolute atomic E-state index is 0.751. The van der Waals surface area contributed by atoms with E-state index in [1.165, 1.54) is 31.5 Å². The lowest BCUT2D eigenvalue weighted by Crippen LogP contribution is -2.34. The Morgan fingerprint density at radius 3 is 2.47 bits per heavy atom. The average molecular weight is 228 g/mol. The van der Waals surface area contributed by atoms with E-state index >= 15 is 0 Å². The van der Waals surface area contributed by atoms with Gasteiger partial charge < -0.3 is 4.90 Å². The van der Waals surface area contributed by atoms with E-state index in [-0.39, 0.29) is 0 Å². The second-order valence-electron chi connectivity index (χ2n) is 5.08. The number of likely N-dealkylation sites (tertiary alicyclic amines) is 1. The Hall–Kier alpha value is -1.33. The van der Waals surface area contributed by atoms with Gasteiger partial charge in [-0.05, 0) is 56.0 Å². The molecular formula is C15H20N2. The number of piperidine rings is 1. The first kappa shape index (κ1) is 12.1. The summed E-state index contributed by atoms with van der Waals surface area (Å²) in [6, 6.07) is 10.1. The highest BCUT2D eigenvalue weighted by Gasteiger charge is 2.14. The lowest BCUT2D eigenvalue weighted by Gasteiger charge is -2.30. The van der Waals surface area contributed by atoms with E-state index in [0.717, 1.165) is 24.4 Å². The van der Waals surface area contributed by atoms with Crippen molar-refractivity contribution in [3.63, 3.8) is 0 Å². The van der Waals surface area contributed by atoms with Crippen molar-refractivity contribution in [3.8, 4) is 6.07 Å². The second-order valence-corrected chi connectivity index (χ2v) is 5.08. The molecule has 90 valence electrons. The molecule has 1 aliphatic heterocycles. The highest BCUT2D eigenvalue weighted by Crippen LogP contribution is 2.16. The smallest absolute Gasteiger partial charge is 0.0991 e. The van der Waals surface area contributed by atoms with Crippen LogP contribution in [0.25, 0.3) is 0 Å². The molecule has 1 fully saturated rings. The number of nitriles is 1. The number of hydrogen-bond acceptors (Lipinski definition) is 2. The summed E-state index contributed by atoms with van der Waals surface area (Å²) in [5.74, 6) is 0.904. The van der Waals surface area contributed by atoms with Crippen LogP contribution < -0.4 is 0 Å². The zero-order chi connectivity index (χ0) is 12.1. The van der Waals surface area contributed by atoms with Gasteiger partial charge in [-0.3, -0.25) is 0 Å². The first-order valence-corrected chi connectivity index (χ1v) is 6.49. The number of nitrogens with zero attached hydrogens (tertiary/aromatic N) is 2. The topological polar surface area (TPSA) is 27.0 Å². The molecular weight excluding hydrogens is 208 g/mol. The summed E-state index contributed by atoms with van der Waals surface area (Å²) >= 11 is 0. The first-order chi connectivity index (χ1) is 8.28. The minimum Gasteiger partial charge on any atom is -0.303 e. The van der Waals surface area contributed by atoms with E-state index in [1.54, 1.807) is 0 Å². The van der Waals surface area contributed by atoms with E-state index in [4.69, 9.17) is 5.26 Å². The molecule has 0 N–H and O–H groups in total. The summed E-state index contributed by atoms with van der Waals surface area (Å²) in [6.07, 6.45) is 3.78. The van der Waals surface area contributed by atoms with Crippen molar-refractivity contribution in [2.75, 3.05) is 19.6 Å². The van der Waals surface area contributed by atoms with Crippen LogP contribution >= 0.6 is 0 Å². The maximum absolute atomic E-state index is 8.73. The summed E-state index contributed by atoms with van der Waals surface area (Å²) in [7, 11) is 0. The van der Waals surface area contributed by atoms with Gasteiger partial charge in [0.2, 0.25) is 0 Å². The molecule has 0 atom stereocenters. The van der Waals surface area contributed by atoms with Gasteiger partial charge >= 0.3 is 0 Å². The molecule has 0 aromatic heterocycles. The average Bonchev–Trinajstić information content (AvgIpc) is 2.39. The Balaban J connectivity index is 1.79. The third-order valence-electron chi connectivity index (χ3n) is 3.68. The van der Waals surface area contributed by atoms with Crippen LogP contribution in [-0.4, -0.2) is 24.5 Å². The SMILES string of the molecule is CC1CCN(CCc2ccc(C#N)cc2)CC1. The van der Waals surface area contributed by atoms with Crippen molar-refractivity contribution in [1.29, 1.82) is 5.26 Å². The highest BCUT2D eigenvalue weighted by atomic mass is 15.1. The summed E-state index contributed by atoms with van der Waals surface area (Å²) < 4.78 is 0. The Labute approximate surface area is 104 Å².